The zero-order valence-electron chi connectivity index (χ0n) is 15.9. The van der Waals surface area contributed by atoms with E-state index in [1.807, 2.05) is 24.5 Å². The van der Waals surface area contributed by atoms with E-state index in [-0.39, 0.29) is 17.1 Å². The van der Waals surface area contributed by atoms with Gasteiger partial charge in [-0.3, -0.25) is 4.72 Å². The van der Waals surface area contributed by atoms with Crippen molar-refractivity contribution in [1.29, 1.82) is 0 Å². The van der Waals surface area contributed by atoms with Crippen LogP contribution in [0.5, 0.6) is 11.6 Å². The molecule has 0 unspecified atom stereocenters. The van der Waals surface area contributed by atoms with Crippen molar-refractivity contribution in [1.82, 2.24) is 14.8 Å². The van der Waals surface area contributed by atoms with Crippen LogP contribution in [0.3, 0.4) is 0 Å². The number of nitrogens with zero attached hydrogens (tertiary/aromatic N) is 3. The minimum absolute atomic E-state index is 0.248. The van der Waals surface area contributed by atoms with Gasteiger partial charge in [0, 0.05) is 29.7 Å². The number of aromatic nitrogens is 3. The van der Waals surface area contributed by atoms with Gasteiger partial charge < -0.3 is 9.30 Å². The van der Waals surface area contributed by atoms with Gasteiger partial charge >= 0.3 is 0 Å². The summed E-state index contributed by atoms with van der Waals surface area (Å²) in [5.74, 6) is -0.875. The van der Waals surface area contributed by atoms with Crippen molar-refractivity contribution in [2.75, 3.05) is 4.72 Å². The van der Waals surface area contributed by atoms with E-state index in [1.165, 1.54) is 12.1 Å². The maximum atomic E-state index is 13.7. The van der Waals surface area contributed by atoms with Crippen LogP contribution in [0.4, 0.5) is 14.5 Å². The van der Waals surface area contributed by atoms with Crippen molar-refractivity contribution in [3.05, 3.63) is 96.3 Å². The third kappa shape index (κ3) is 5.23. The Labute approximate surface area is 177 Å². The maximum absolute atomic E-state index is 13.7. The smallest absolute Gasteiger partial charge is 0.238 e. The minimum Gasteiger partial charge on any atom is -0.438 e. The number of hydrogen-bond acceptors (Lipinski definition) is 5. The van der Waals surface area contributed by atoms with Gasteiger partial charge in [0.1, 0.15) is 17.4 Å². The highest BCUT2D eigenvalue weighted by Crippen LogP contribution is 2.23. The zero-order chi connectivity index (χ0) is 21.8. The summed E-state index contributed by atoms with van der Waals surface area (Å²) in [7, 11) is -3.95. The molecule has 0 fully saturated rings. The van der Waals surface area contributed by atoms with E-state index in [1.54, 1.807) is 28.8 Å². The molecule has 2 aromatic heterocycles. The quantitative estimate of drug-likeness (QED) is 0.462. The number of rotatable bonds is 7. The fraction of sp³-hybridized carbons (Fsp3) is 0.0476. The van der Waals surface area contributed by atoms with Gasteiger partial charge in [0.15, 0.2) is 5.82 Å². The summed E-state index contributed by atoms with van der Waals surface area (Å²) in [6, 6.07) is 15.9. The standard InChI is InChI=1S/C21H16F2N4O3S/c22-16-3-8-19(23)15(13-16)14-31(28,29)26-17-4-6-18(7-5-17)30-21-10-9-20(24-25-21)27-11-1-2-12-27/h1-13,26H,14H2. The molecular weight excluding hydrogens is 426 g/mol. The molecule has 31 heavy (non-hydrogen) atoms. The highest BCUT2D eigenvalue weighted by Gasteiger charge is 2.16. The predicted molar refractivity (Wildman–Crippen MR) is 110 cm³/mol. The number of hydrogen-bond donors (Lipinski definition) is 1. The van der Waals surface area contributed by atoms with Crippen molar-refractivity contribution in [3.63, 3.8) is 0 Å². The predicted octanol–water partition coefficient (Wildman–Crippen LogP) is 4.28. The second-order valence-corrected chi connectivity index (χ2v) is 8.27. The normalized spacial score (nSPS) is 11.3. The molecule has 7 nitrogen and oxygen atoms in total. The van der Waals surface area contributed by atoms with Crippen molar-refractivity contribution in [3.8, 4) is 17.4 Å². The molecule has 0 aliphatic rings. The van der Waals surface area contributed by atoms with Crippen LogP contribution in [0.25, 0.3) is 5.82 Å². The van der Waals surface area contributed by atoms with Crippen LogP contribution in [0.2, 0.25) is 0 Å². The second kappa shape index (κ2) is 8.52. The number of nitrogens with one attached hydrogen (secondary N) is 1. The molecule has 0 aliphatic carbocycles. The van der Waals surface area contributed by atoms with Crippen LogP contribution in [0.1, 0.15) is 5.56 Å². The summed E-state index contributed by atoms with van der Waals surface area (Å²) >= 11 is 0. The number of halogens is 2. The van der Waals surface area contributed by atoms with Gasteiger partial charge in [0.05, 0.1) is 5.75 Å². The van der Waals surface area contributed by atoms with E-state index in [0.717, 1.165) is 18.2 Å². The molecule has 0 atom stereocenters. The molecule has 4 aromatic rings. The first-order valence-corrected chi connectivity index (χ1v) is 10.7. The largest absolute Gasteiger partial charge is 0.438 e. The van der Waals surface area contributed by atoms with Gasteiger partial charge in [0.2, 0.25) is 15.9 Å². The van der Waals surface area contributed by atoms with Crippen molar-refractivity contribution < 1.29 is 21.9 Å². The van der Waals surface area contributed by atoms with E-state index in [2.05, 4.69) is 14.9 Å². The summed E-state index contributed by atoms with van der Waals surface area (Å²) in [5, 5.41) is 8.08. The van der Waals surface area contributed by atoms with E-state index < -0.39 is 27.4 Å². The highest BCUT2D eigenvalue weighted by atomic mass is 32.2. The molecule has 0 radical (unpaired) electrons. The molecule has 2 heterocycles. The third-order valence-corrected chi connectivity index (χ3v) is 5.44. The zero-order valence-corrected chi connectivity index (χ0v) is 16.8. The second-order valence-electron chi connectivity index (χ2n) is 6.54. The van der Waals surface area contributed by atoms with Crippen LogP contribution in [0, 0.1) is 11.6 Å². The van der Waals surface area contributed by atoms with Crippen molar-refractivity contribution in [2.45, 2.75) is 5.75 Å². The summed E-state index contributed by atoms with van der Waals surface area (Å²) < 4.78 is 61.3. The lowest BCUT2D eigenvalue weighted by Crippen LogP contribution is -2.16. The fourth-order valence-corrected chi connectivity index (χ4v) is 3.98. The fourth-order valence-electron chi connectivity index (χ4n) is 2.78. The lowest BCUT2D eigenvalue weighted by atomic mass is 10.2. The van der Waals surface area contributed by atoms with Crippen molar-refractivity contribution >= 4 is 15.7 Å². The molecule has 0 spiro atoms. The Morgan fingerprint density at radius 3 is 2.35 bits per heavy atom. The first-order valence-electron chi connectivity index (χ1n) is 9.07. The Morgan fingerprint density at radius 2 is 1.68 bits per heavy atom. The van der Waals surface area contributed by atoms with E-state index in [4.69, 9.17) is 4.74 Å². The molecule has 4 rings (SSSR count). The number of ether oxygens (including phenoxy) is 1. The Morgan fingerprint density at radius 1 is 0.935 bits per heavy atom. The average molecular weight is 442 g/mol. The van der Waals surface area contributed by atoms with Crippen molar-refractivity contribution in [2.24, 2.45) is 0 Å². The van der Waals surface area contributed by atoms with Gasteiger partial charge in [-0.05, 0) is 60.7 Å². The molecule has 2 aromatic carbocycles. The Balaban J connectivity index is 1.40. The van der Waals surface area contributed by atoms with Crippen LogP contribution < -0.4 is 9.46 Å². The van der Waals surface area contributed by atoms with Gasteiger partial charge in [0.25, 0.3) is 0 Å². The lowest BCUT2D eigenvalue weighted by Gasteiger charge is -2.10. The minimum atomic E-state index is -3.95. The number of anilines is 1. The molecule has 0 saturated heterocycles. The summed E-state index contributed by atoms with van der Waals surface area (Å²) in [5.41, 5.74) is -0.00686. The molecule has 0 aliphatic heterocycles. The van der Waals surface area contributed by atoms with Crippen LogP contribution in [-0.2, 0) is 15.8 Å². The SMILES string of the molecule is O=S(=O)(Cc1cc(F)ccc1F)Nc1ccc(Oc2ccc(-n3cccc3)nn2)cc1. The van der Waals surface area contributed by atoms with Crippen LogP contribution >= 0.6 is 0 Å². The Kier molecular flexibility index (Phi) is 5.63. The molecule has 10 heteroatoms. The molecular formula is C21H16F2N4O3S. The van der Waals surface area contributed by atoms with E-state index >= 15 is 0 Å². The van der Waals surface area contributed by atoms with Gasteiger partial charge in [-0.2, -0.15) is 0 Å². The number of benzene rings is 2. The first-order chi connectivity index (χ1) is 14.9. The van der Waals surface area contributed by atoms with Gasteiger partial charge in [-0.25, -0.2) is 17.2 Å². The monoisotopic (exact) mass is 442 g/mol. The molecule has 0 amide bonds. The molecule has 1 N–H and O–H groups in total. The Bertz CT molecular complexity index is 1280. The van der Waals surface area contributed by atoms with E-state index in [0.29, 0.717) is 11.6 Å². The van der Waals surface area contributed by atoms with Crippen LogP contribution in [0.15, 0.2) is 79.1 Å². The van der Waals surface area contributed by atoms with Gasteiger partial charge in [-0.1, -0.05) is 0 Å². The molecule has 158 valence electrons. The topological polar surface area (TPSA) is 86.1 Å². The number of sulfonamides is 1. The Hall–Kier alpha value is -3.79. The summed E-state index contributed by atoms with van der Waals surface area (Å²) in [4.78, 5) is 0. The maximum Gasteiger partial charge on any atom is 0.238 e. The summed E-state index contributed by atoms with van der Waals surface area (Å²) in [6.07, 6.45) is 3.68. The summed E-state index contributed by atoms with van der Waals surface area (Å²) in [6.45, 7) is 0. The van der Waals surface area contributed by atoms with E-state index in [9.17, 15) is 17.2 Å². The highest BCUT2D eigenvalue weighted by molar-refractivity contribution is 7.91. The van der Waals surface area contributed by atoms with Gasteiger partial charge in [-0.15, -0.1) is 10.2 Å². The third-order valence-electron chi connectivity index (χ3n) is 4.20. The average Bonchev–Trinajstić information content (AvgIpc) is 3.27. The van der Waals surface area contributed by atoms with Crippen LogP contribution in [-0.4, -0.2) is 23.2 Å². The molecule has 0 saturated carbocycles. The molecule has 0 bridgehead atoms. The lowest BCUT2D eigenvalue weighted by molar-refractivity contribution is 0.454. The first kappa shape index (κ1) is 20.5.